The zero-order valence-corrected chi connectivity index (χ0v) is 18.2. The average Bonchev–Trinajstić information content (AvgIpc) is 3.19. The van der Waals surface area contributed by atoms with Crippen LogP contribution in [0.3, 0.4) is 0 Å². The number of anilines is 1. The molecule has 0 atom stereocenters. The molecule has 3 rings (SSSR count). The monoisotopic (exact) mass is 466 g/mol. The van der Waals surface area contributed by atoms with E-state index in [1.807, 2.05) is 42.5 Å². The van der Waals surface area contributed by atoms with Crippen LogP contribution >= 0.6 is 11.6 Å². The van der Waals surface area contributed by atoms with Gasteiger partial charge in [0, 0.05) is 35.8 Å². The molecule has 0 saturated heterocycles. The van der Waals surface area contributed by atoms with E-state index in [-0.39, 0.29) is 23.9 Å². The molecular formula is C20H22Cl2N5O4-. The topological polar surface area (TPSA) is 125 Å². The Morgan fingerprint density at radius 3 is 2.61 bits per heavy atom. The molecule has 0 fully saturated rings. The molecule has 11 heteroatoms. The minimum absolute atomic E-state index is 0. The molecule has 2 aromatic carbocycles. The maximum absolute atomic E-state index is 11.9. The van der Waals surface area contributed by atoms with Crippen LogP contribution in [-0.2, 0) is 13.2 Å². The number of nitrogens with zero attached hydrogens (tertiary/aromatic N) is 2. The Morgan fingerprint density at radius 2 is 1.90 bits per heavy atom. The van der Waals surface area contributed by atoms with Crippen molar-refractivity contribution in [2.75, 3.05) is 25.9 Å². The van der Waals surface area contributed by atoms with Gasteiger partial charge in [-0.1, -0.05) is 41.9 Å². The number of carbonyl (C=O) groups excluding carboxylic acids is 1. The van der Waals surface area contributed by atoms with E-state index in [1.165, 1.54) is 0 Å². The van der Waals surface area contributed by atoms with Gasteiger partial charge in [-0.2, -0.15) is 0 Å². The number of hydrogen-bond donors (Lipinski definition) is 3. The molecular weight excluding hydrogens is 445 g/mol. The lowest BCUT2D eigenvalue weighted by atomic mass is 10.1. The zero-order valence-electron chi connectivity index (χ0n) is 16.7. The first-order valence-electron chi connectivity index (χ1n) is 9.19. The van der Waals surface area contributed by atoms with E-state index in [9.17, 15) is 4.79 Å². The molecule has 0 bridgehead atoms. The van der Waals surface area contributed by atoms with Crippen molar-refractivity contribution in [3.63, 3.8) is 0 Å². The van der Waals surface area contributed by atoms with E-state index >= 15 is 0 Å². The standard InChI is InChI=1S/C20H22ClN5O4.ClH/c1-28-16-8-4-6-13(18(16)29-12-14-5-2-3-7-15(14)21)11-23-9-10-24-20(27)17-19(22)26-30-25-17;/h2-8,23H,9-12H2,1H3,(H2,22,26)(H,24,27);1H/p-1. The highest BCUT2D eigenvalue weighted by atomic mass is 35.5. The van der Waals surface area contributed by atoms with Gasteiger partial charge in [-0.05, 0) is 22.4 Å². The summed E-state index contributed by atoms with van der Waals surface area (Å²) in [4.78, 5) is 11.9. The maximum atomic E-state index is 11.9. The molecule has 9 nitrogen and oxygen atoms in total. The normalized spacial score (nSPS) is 10.3. The number of aromatic nitrogens is 2. The second-order valence-corrected chi connectivity index (χ2v) is 6.67. The Hall–Kier alpha value is -3.01. The van der Waals surface area contributed by atoms with Crippen LogP contribution in [0.2, 0.25) is 5.02 Å². The highest BCUT2D eigenvalue weighted by Gasteiger charge is 2.15. The smallest absolute Gasteiger partial charge is 0.277 e. The molecule has 4 N–H and O–H groups in total. The average molecular weight is 467 g/mol. The van der Waals surface area contributed by atoms with Crippen molar-refractivity contribution < 1.29 is 31.3 Å². The van der Waals surface area contributed by atoms with Crippen molar-refractivity contribution >= 4 is 23.3 Å². The third kappa shape index (κ3) is 6.48. The number of nitrogen functional groups attached to an aromatic ring is 1. The number of halogens is 2. The summed E-state index contributed by atoms with van der Waals surface area (Å²) >= 11 is 6.21. The van der Waals surface area contributed by atoms with Gasteiger partial charge in [0.25, 0.3) is 5.91 Å². The quantitative estimate of drug-likeness (QED) is 0.339. The van der Waals surface area contributed by atoms with Gasteiger partial charge in [0.05, 0.1) is 7.11 Å². The van der Waals surface area contributed by atoms with Crippen LogP contribution in [-0.4, -0.2) is 36.4 Å². The van der Waals surface area contributed by atoms with Crippen LogP contribution in [0.4, 0.5) is 5.82 Å². The van der Waals surface area contributed by atoms with Crippen LogP contribution in [0.15, 0.2) is 47.1 Å². The number of amides is 1. The van der Waals surface area contributed by atoms with Crippen molar-refractivity contribution in [3.05, 3.63) is 64.3 Å². The summed E-state index contributed by atoms with van der Waals surface area (Å²) in [6.45, 7) is 1.71. The van der Waals surface area contributed by atoms with Crippen LogP contribution in [0.1, 0.15) is 21.6 Å². The van der Waals surface area contributed by atoms with Crippen molar-refractivity contribution in [2.45, 2.75) is 13.2 Å². The van der Waals surface area contributed by atoms with E-state index in [0.717, 1.165) is 11.1 Å². The van der Waals surface area contributed by atoms with E-state index in [2.05, 4.69) is 25.6 Å². The van der Waals surface area contributed by atoms with Gasteiger partial charge in [0.1, 0.15) is 6.61 Å². The molecule has 1 heterocycles. The van der Waals surface area contributed by atoms with E-state index in [1.54, 1.807) is 7.11 Å². The van der Waals surface area contributed by atoms with Crippen LogP contribution in [0.5, 0.6) is 11.5 Å². The first kappa shape index (κ1) is 24.3. The van der Waals surface area contributed by atoms with Gasteiger partial charge in [-0.25, -0.2) is 4.63 Å². The molecule has 0 spiro atoms. The number of rotatable bonds is 10. The number of carbonyl (C=O) groups is 1. The number of methoxy groups -OCH3 is 1. The van der Waals surface area contributed by atoms with E-state index in [0.29, 0.717) is 42.8 Å². The maximum Gasteiger partial charge on any atom is 0.277 e. The molecule has 0 aliphatic carbocycles. The fourth-order valence-corrected chi connectivity index (χ4v) is 2.90. The first-order valence-corrected chi connectivity index (χ1v) is 9.57. The summed E-state index contributed by atoms with van der Waals surface area (Å²) in [7, 11) is 1.59. The summed E-state index contributed by atoms with van der Waals surface area (Å²) in [5.74, 6) is 0.777. The van der Waals surface area contributed by atoms with Crippen molar-refractivity contribution in [1.29, 1.82) is 0 Å². The Balaban J connectivity index is 0.00000341. The van der Waals surface area contributed by atoms with Gasteiger partial charge in [-0.3, -0.25) is 4.79 Å². The Labute approximate surface area is 190 Å². The van der Waals surface area contributed by atoms with E-state index in [4.69, 9.17) is 26.8 Å². The van der Waals surface area contributed by atoms with Crippen molar-refractivity contribution in [1.82, 2.24) is 20.9 Å². The van der Waals surface area contributed by atoms with Crippen LogP contribution in [0, 0.1) is 0 Å². The van der Waals surface area contributed by atoms with E-state index < -0.39 is 5.91 Å². The lowest BCUT2D eigenvalue weighted by Crippen LogP contribution is -3.00. The fourth-order valence-electron chi connectivity index (χ4n) is 2.71. The lowest BCUT2D eigenvalue weighted by molar-refractivity contribution is -0.0000154. The number of nitrogens with one attached hydrogen (secondary N) is 2. The molecule has 166 valence electrons. The number of hydrogen-bond acceptors (Lipinski definition) is 8. The molecule has 1 amide bonds. The van der Waals surface area contributed by atoms with Crippen LogP contribution in [0.25, 0.3) is 0 Å². The summed E-state index contributed by atoms with van der Waals surface area (Å²) in [6, 6.07) is 13.2. The molecule has 0 unspecified atom stereocenters. The highest BCUT2D eigenvalue weighted by Crippen LogP contribution is 2.32. The molecule has 31 heavy (non-hydrogen) atoms. The molecule has 0 radical (unpaired) electrons. The van der Waals surface area contributed by atoms with Gasteiger partial charge >= 0.3 is 0 Å². The van der Waals surface area contributed by atoms with Crippen molar-refractivity contribution in [3.8, 4) is 11.5 Å². The third-order valence-corrected chi connectivity index (χ3v) is 4.61. The second-order valence-electron chi connectivity index (χ2n) is 6.26. The van der Waals surface area contributed by atoms with Gasteiger partial charge in [0.2, 0.25) is 11.5 Å². The van der Waals surface area contributed by atoms with Gasteiger partial charge < -0.3 is 38.2 Å². The first-order chi connectivity index (χ1) is 14.6. The van der Waals surface area contributed by atoms with Gasteiger partial charge in [0.15, 0.2) is 11.5 Å². The lowest BCUT2D eigenvalue weighted by Gasteiger charge is -2.16. The summed E-state index contributed by atoms with van der Waals surface area (Å²) < 4.78 is 15.9. The number of nitrogens with two attached hydrogens (primary N) is 1. The Bertz CT molecular complexity index is 999. The SMILES string of the molecule is COc1cccc(CNCCNC(=O)c2nonc2N)c1OCc1ccccc1Cl.[Cl-]. The molecule has 0 aliphatic heterocycles. The third-order valence-electron chi connectivity index (χ3n) is 4.24. The number of ether oxygens (including phenoxy) is 2. The second kappa shape index (κ2) is 12.0. The Morgan fingerprint density at radius 1 is 1.13 bits per heavy atom. The molecule has 0 saturated carbocycles. The molecule has 3 aromatic rings. The zero-order chi connectivity index (χ0) is 21.3. The minimum Gasteiger partial charge on any atom is -1.00 e. The fraction of sp³-hybridized carbons (Fsp3) is 0.250. The predicted octanol–water partition coefficient (Wildman–Crippen LogP) is -0.584. The molecule has 1 aromatic heterocycles. The van der Waals surface area contributed by atoms with Gasteiger partial charge in [-0.15, -0.1) is 0 Å². The summed E-state index contributed by atoms with van der Waals surface area (Å²) in [5.41, 5.74) is 7.26. The summed E-state index contributed by atoms with van der Waals surface area (Å²) in [5, 5.41) is 13.4. The number of benzene rings is 2. The predicted molar refractivity (Wildman–Crippen MR) is 112 cm³/mol. The summed E-state index contributed by atoms with van der Waals surface area (Å²) in [6.07, 6.45) is 0. The Kier molecular flexibility index (Phi) is 9.39. The molecule has 0 aliphatic rings. The number of para-hydroxylation sites is 1. The van der Waals surface area contributed by atoms with Crippen molar-refractivity contribution in [2.24, 2.45) is 0 Å². The van der Waals surface area contributed by atoms with Crippen LogP contribution < -0.4 is 38.2 Å². The highest BCUT2D eigenvalue weighted by molar-refractivity contribution is 6.31. The largest absolute Gasteiger partial charge is 1.00 e. The minimum atomic E-state index is -0.444.